The van der Waals surface area contributed by atoms with Gasteiger partial charge in [-0.1, -0.05) is 6.08 Å². The fraction of sp³-hybridized carbons (Fsp3) is 0.0909. The van der Waals surface area contributed by atoms with Crippen LogP contribution in [0, 0.1) is 0 Å². The maximum atomic E-state index is 10.6. The Bertz CT molecular complexity index is 407. The first-order valence-electron chi connectivity index (χ1n) is 4.21. The molecule has 1 aromatic rings. The molecule has 0 radical (unpaired) electrons. The Morgan fingerprint density at radius 2 is 2.07 bits per heavy atom. The second-order valence-corrected chi connectivity index (χ2v) is 2.77. The van der Waals surface area contributed by atoms with Crippen molar-refractivity contribution in [1.29, 1.82) is 0 Å². The fourth-order valence-electron chi connectivity index (χ4n) is 1.14. The van der Waals surface area contributed by atoms with Crippen LogP contribution in [0.3, 0.4) is 0 Å². The topological polar surface area (TPSA) is 63.6 Å². The van der Waals surface area contributed by atoms with Gasteiger partial charge in [0.15, 0.2) is 17.8 Å². The molecule has 0 fully saturated rings. The molecule has 0 aliphatic heterocycles. The molecule has 1 aromatic carbocycles. The Morgan fingerprint density at radius 1 is 1.33 bits per heavy atom. The molecule has 0 atom stereocenters. The molecular weight excluding hydrogens is 196 g/mol. The summed E-state index contributed by atoms with van der Waals surface area (Å²) < 4.78 is 4.88. The predicted octanol–water partition coefficient (Wildman–Crippen LogP) is 1.43. The lowest BCUT2D eigenvalue weighted by Gasteiger charge is -2.06. The molecule has 0 aliphatic carbocycles. The normalized spacial score (nSPS) is 10.2. The van der Waals surface area contributed by atoms with E-state index >= 15 is 0 Å². The van der Waals surface area contributed by atoms with Crippen molar-refractivity contribution in [2.45, 2.75) is 0 Å². The van der Waals surface area contributed by atoms with Crippen molar-refractivity contribution in [2.24, 2.45) is 0 Å². The summed E-state index contributed by atoms with van der Waals surface area (Å²) in [6, 6.07) is 2.99. The van der Waals surface area contributed by atoms with E-state index in [1.807, 2.05) is 0 Å². The first-order chi connectivity index (χ1) is 7.22. The van der Waals surface area contributed by atoms with Crippen molar-refractivity contribution < 1.29 is 19.4 Å². The fourth-order valence-corrected chi connectivity index (χ4v) is 1.14. The van der Waals surface area contributed by atoms with E-state index in [1.165, 1.54) is 31.4 Å². The summed E-state index contributed by atoms with van der Waals surface area (Å²) in [6.07, 6.45) is 3.96. The summed E-state index contributed by atoms with van der Waals surface area (Å²) in [7, 11) is 1.39. The molecule has 1 rings (SSSR count). The highest BCUT2D eigenvalue weighted by Gasteiger charge is 2.08. The van der Waals surface area contributed by atoms with Gasteiger partial charge in [-0.15, -0.1) is 0 Å². The van der Waals surface area contributed by atoms with E-state index in [4.69, 9.17) is 4.74 Å². The van der Waals surface area contributed by atoms with Gasteiger partial charge in [-0.2, -0.15) is 0 Å². The molecule has 1 N–H and O–H groups in total. The Kier molecular flexibility index (Phi) is 3.62. The van der Waals surface area contributed by atoms with E-state index in [0.717, 1.165) is 0 Å². The number of allylic oxidation sites excluding steroid dienone is 1. The lowest BCUT2D eigenvalue weighted by molar-refractivity contribution is -0.104. The van der Waals surface area contributed by atoms with Crippen LogP contribution in [-0.2, 0) is 4.79 Å². The van der Waals surface area contributed by atoms with Crippen LogP contribution in [0.5, 0.6) is 11.5 Å². The summed E-state index contributed by atoms with van der Waals surface area (Å²) in [6.45, 7) is 0. The number of benzene rings is 1. The van der Waals surface area contributed by atoms with Crippen LogP contribution in [-0.4, -0.2) is 24.8 Å². The van der Waals surface area contributed by atoms with Gasteiger partial charge < -0.3 is 9.84 Å². The monoisotopic (exact) mass is 206 g/mol. The molecular formula is C11H10O4. The molecule has 0 saturated carbocycles. The van der Waals surface area contributed by atoms with Gasteiger partial charge in [0.05, 0.1) is 12.7 Å². The molecule has 0 heterocycles. The number of hydrogen-bond donors (Lipinski definition) is 1. The first-order valence-corrected chi connectivity index (χ1v) is 4.21. The molecule has 4 nitrogen and oxygen atoms in total. The van der Waals surface area contributed by atoms with Crippen LogP contribution >= 0.6 is 0 Å². The van der Waals surface area contributed by atoms with Gasteiger partial charge in [0, 0.05) is 0 Å². The number of phenols is 1. The minimum absolute atomic E-state index is 0.125. The molecule has 0 bridgehead atoms. The molecule has 0 saturated heterocycles. The quantitative estimate of drug-likeness (QED) is 0.597. The number of rotatable bonds is 4. The van der Waals surface area contributed by atoms with Crippen molar-refractivity contribution in [3.63, 3.8) is 0 Å². The van der Waals surface area contributed by atoms with E-state index in [1.54, 1.807) is 0 Å². The van der Waals surface area contributed by atoms with Crippen LogP contribution in [0.25, 0.3) is 6.08 Å². The molecule has 0 unspecified atom stereocenters. The average Bonchev–Trinajstić information content (AvgIpc) is 2.27. The minimum atomic E-state index is -0.198. The smallest absolute Gasteiger partial charge is 0.168 e. The van der Waals surface area contributed by atoms with Crippen molar-refractivity contribution in [3.8, 4) is 11.5 Å². The third-order valence-electron chi connectivity index (χ3n) is 1.84. The first kappa shape index (κ1) is 11.0. The summed E-state index contributed by atoms with van der Waals surface area (Å²) in [5, 5.41) is 9.49. The number of carbonyl (C=O) groups excluding carboxylic acids is 2. The van der Waals surface area contributed by atoms with Crippen LogP contribution < -0.4 is 4.74 Å². The predicted molar refractivity (Wildman–Crippen MR) is 55.1 cm³/mol. The molecule has 0 amide bonds. The summed E-state index contributed by atoms with van der Waals surface area (Å²) >= 11 is 0. The highest BCUT2D eigenvalue weighted by Crippen LogP contribution is 2.30. The third-order valence-corrected chi connectivity index (χ3v) is 1.84. The number of aromatic hydroxyl groups is 1. The van der Waals surface area contributed by atoms with Crippen LogP contribution in [0.4, 0.5) is 0 Å². The average molecular weight is 206 g/mol. The third kappa shape index (κ3) is 2.43. The summed E-state index contributed by atoms with van der Waals surface area (Å²) in [4.78, 5) is 20.7. The Labute approximate surface area is 86.8 Å². The van der Waals surface area contributed by atoms with Gasteiger partial charge in [-0.25, -0.2) is 0 Å². The zero-order chi connectivity index (χ0) is 11.3. The largest absolute Gasteiger partial charge is 0.504 e. The van der Waals surface area contributed by atoms with E-state index < -0.39 is 0 Å². The lowest BCUT2D eigenvalue weighted by Crippen LogP contribution is -1.90. The molecule has 4 heteroatoms. The minimum Gasteiger partial charge on any atom is -0.504 e. The van der Waals surface area contributed by atoms with Gasteiger partial charge in [-0.05, 0) is 23.8 Å². The number of ether oxygens (including phenoxy) is 1. The zero-order valence-electron chi connectivity index (χ0n) is 8.14. The maximum Gasteiger partial charge on any atom is 0.168 e. The Balaban J connectivity index is 3.25. The SMILES string of the molecule is COc1cc(C=CC=O)cc(C=O)c1O. The number of methoxy groups -OCH3 is 1. The zero-order valence-corrected chi connectivity index (χ0v) is 8.14. The molecule has 15 heavy (non-hydrogen) atoms. The highest BCUT2D eigenvalue weighted by molar-refractivity contribution is 5.84. The van der Waals surface area contributed by atoms with Crippen molar-refractivity contribution >= 4 is 18.6 Å². The lowest BCUT2D eigenvalue weighted by atomic mass is 10.1. The number of hydrogen-bond acceptors (Lipinski definition) is 4. The van der Waals surface area contributed by atoms with E-state index in [9.17, 15) is 14.7 Å². The molecule has 0 spiro atoms. The number of phenolic OH excluding ortho intramolecular Hbond substituents is 1. The maximum absolute atomic E-state index is 10.6. The van der Waals surface area contributed by atoms with E-state index in [0.29, 0.717) is 18.1 Å². The second-order valence-electron chi connectivity index (χ2n) is 2.77. The van der Waals surface area contributed by atoms with E-state index in [2.05, 4.69) is 0 Å². The highest BCUT2D eigenvalue weighted by atomic mass is 16.5. The van der Waals surface area contributed by atoms with Gasteiger partial charge >= 0.3 is 0 Å². The summed E-state index contributed by atoms with van der Waals surface area (Å²) in [5.74, 6) is 0.000835. The Morgan fingerprint density at radius 3 is 2.60 bits per heavy atom. The number of aldehydes is 2. The summed E-state index contributed by atoms with van der Waals surface area (Å²) in [5.41, 5.74) is 0.735. The second kappa shape index (κ2) is 4.95. The van der Waals surface area contributed by atoms with Crippen molar-refractivity contribution in [1.82, 2.24) is 0 Å². The van der Waals surface area contributed by atoms with Crippen LogP contribution in [0.2, 0.25) is 0 Å². The van der Waals surface area contributed by atoms with Crippen LogP contribution in [0.1, 0.15) is 15.9 Å². The van der Waals surface area contributed by atoms with Gasteiger partial charge in [-0.3, -0.25) is 9.59 Å². The Hall–Kier alpha value is -2.10. The van der Waals surface area contributed by atoms with E-state index in [-0.39, 0.29) is 17.1 Å². The molecule has 0 aliphatic rings. The standard InChI is InChI=1S/C11H10O4/c1-15-10-6-8(3-2-4-12)5-9(7-13)11(10)14/h2-7,14H,1H3. The van der Waals surface area contributed by atoms with Crippen molar-refractivity contribution in [3.05, 3.63) is 29.3 Å². The molecule has 0 aromatic heterocycles. The van der Waals surface area contributed by atoms with Crippen molar-refractivity contribution in [2.75, 3.05) is 7.11 Å². The van der Waals surface area contributed by atoms with Crippen LogP contribution in [0.15, 0.2) is 18.2 Å². The number of carbonyl (C=O) groups is 2. The molecule has 78 valence electrons. The van der Waals surface area contributed by atoms with Gasteiger partial charge in [0.2, 0.25) is 0 Å². The van der Waals surface area contributed by atoms with Gasteiger partial charge in [0.1, 0.15) is 6.29 Å². The van der Waals surface area contributed by atoms with Gasteiger partial charge in [0.25, 0.3) is 0 Å².